The molecule has 0 aliphatic heterocycles. The Balaban J connectivity index is 0. The van der Waals surface area contributed by atoms with Crippen LogP contribution in [0.3, 0.4) is 0 Å². The second-order valence-corrected chi connectivity index (χ2v) is 6.06. The van der Waals surface area contributed by atoms with Crippen LogP contribution in [0.5, 0.6) is 0 Å². The summed E-state index contributed by atoms with van der Waals surface area (Å²) < 4.78 is 0. The van der Waals surface area contributed by atoms with Crippen molar-refractivity contribution in [2.24, 2.45) is 0 Å². The molecule has 1 aromatic rings. The van der Waals surface area contributed by atoms with Crippen LogP contribution in [0.25, 0.3) is 0 Å². The maximum absolute atomic E-state index is 9.37. The standard InChI is InChI=1S/C13H17.2C3H6O2.ClH.Ti/c1-3-7-12-10(5-1)9-11-6-2-4-8-13(11)12;2*1-2-3(4)5;;/h9H,1-8H2;2*2H2,1H3,(H,4,5);1H;/q-1;;;;+2/p-1. The van der Waals surface area contributed by atoms with E-state index in [2.05, 4.69) is 6.07 Å². The van der Waals surface area contributed by atoms with Crippen LogP contribution in [-0.4, -0.2) is 22.2 Å². The van der Waals surface area contributed by atoms with Gasteiger partial charge in [-0.3, -0.25) is 9.59 Å². The number of aryl methyl sites for hydroxylation is 2. The van der Waals surface area contributed by atoms with Crippen molar-refractivity contribution < 1.29 is 53.9 Å². The van der Waals surface area contributed by atoms with Crippen molar-refractivity contribution in [2.75, 3.05) is 0 Å². The summed E-state index contributed by atoms with van der Waals surface area (Å²) in [6, 6.07) is 2.52. The van der Waals surface area contributed by atoms with Crippen LogP contribution in [-0.2, 0) is 57.0 Å². The van der Waals surface area contributed by atoms with Gasteiger partial charge in [0.15, 0.2) is 0 Å². The van der Waals surface area contributed by atoms with Gasteiger partial charge in [0, 0.05) is 12.8 Å². The minimum Gasteiger partial charge on any atom is -1.00 e. The SMILES string of the molecule is CCC(=O)O.CCC(=O)O.[Cl-].[Ti+2].[cH-]1c2c(c3c1CCCC3)CCCC2. The van der Waals surface area contributed by atoms with E-state index in [0.717, 1.165) is 0 Å². The molecule has 1 aromatic carbocycles. The van der Waals surface area contributed by atoms with E-state index in [0.29, 0.717) is 0 Å². The molecule has 4 nitrogen and oxygen atoms in total. The average molecular weight is 405 g/mol. The maximum atomic E-state index is 9.37. The van der Waals surface area contributed by atoms with Crippen LogP contribution in [0.1, 0.15) is 74.6 Å². The van der Waals surface area contributed by atoms with Gasteiger partial charge < -0.3 is 22.6 Å². The third kappa shape index (κ3) is 9.53. The normalized spacial score (nSPS) is 13.8. The molecule has 0 amide bonds. The van der Waals surface area contributed by atoms with Gasteiger partial charge in [0.1, 0.15) is 0 Å². The zero-order valence-corrected chi connectivity index (χ0v) is 17.6. The van der Waals surface area contributed by atoms with Gasteiger partial charge in [-0.15, -0.1) is 0 Å². The molecule has 0 fully saturated rings. The Kier molecular flexibility index (Phi) is 15.3. The fourth-order valence-electron chi connectivity index (χ4n) is 3.08. The van der Waals surface area contributed by atoms with E-state index in [9.17, 15) is 9.59 Å². The first-order valence-corrected chi connectivity index (χ1v) is 8.72. The fourth-order valence-corrected chi connectivity index (χ4v) is 3.08. The Labute approximate surface area is 172 Å². The number of fused-ring (bicyclic) bond motifs is 3. The van der Waals surface area contributed by atoms with Crippen molar-refractivity contribution in [3.63, 3.8) is 0 Å². The number of halogens is 1. The molecule has 0 saturated heterocycles. The summed E-state index contributed by atoms with van der Waals surface area (Å²) in [6.45, 7) is 3.20. The smallest absolute Gasteiger partial charge is 1.00 e. The Morgan fingerprint density at radius 3 is 1.36 bits per heavy atom. The Morgan fingerprint density at radius 2 is 1.08 bits per heavy atom. The summed E-state index contributed by atoms with van der Waals surface area (Å²) in [6.07, 6.45) is 11.7. The largest absolute Gasteiger partial charge is 2.00 e. The monoisotopic (exact) mass is 404 g/mol. The molecule has 2 aliphatic rings. The Bertz CT molecular complexity index is 481. The molecule has 140 valence electrons. The number of aliphatic carboxylic acids is 2. The van der Waals surface area contributed by atoms with Gasteiger partial charge >= 0.3 is 33.7 Å². The number of hydrogen-bond acceptors (Lipinski definition) is 2. The summed E-state index contributed by atoms with van der Waals surface area (Å²) in [5.74, 6) is -1.49. The van der Waals surface area contributed by atoms with Crippen molar-refractivity contribution in [2.45, 2.75) is 78.1 Å². The van der Waals surface area contributed by atoms with Crippen molar-refractivity contribution in [3.8, 4) is 0 Å². The van der Waals surface area contributed by atoms with Crippen LogP contribution in [0.2, 0.25) is 0 Å². The quantitative estimate of drug-likeness (QED) is 0.572. The number of hydrogen-bond donors (Lipinski definition) is 2. The zero-order chi connectivity index (χ0) is 17.2. The fraction of sp³-hybridized carbons (Fsp3) is 0.632. The predicted molar refractivity (Wildman–Crippen MR) is 91.2 cm³/mol. The van der Waals surface area contributed by atoms with Gasteiger partial charge in [-0.25, -0.2) is 0 Å². The topological polar surface area (TPSA) is 74.6 Å². The van der Waals surface area contributed by atoms with E-state index in [4.69, 9.17) is 10.2 Å². The number of carboxylic acid groups (broad SMARTS) is 2. The second-order valence-electron chi connectivity index (χ2n) is 6.06. The molecular formula is C19H29ClO4Ti. The molecule has 25 heavy (non-hydrogen) atoms. The van der Waals surface area contributed by atoms with Crippen LogP contribution in [0.4, 0.5) is 0 Å². The van der Waals surface area contributed by atoms with Gasteiger partial charge in [0.05, 0.1) is 0 Å². The maximum Gasteiger partial charge on any atom is 2.00 e. The van der Waals surface area contributed by atoms with Gasteiger partial charge in [0.2, 0.25) is 0 Å². The summed E-state index contributed by atoms with van der Waals surface area (Å²) >= 11 is 0. The molecular weight excluding hydrogens is 376 g/mol. The van der Waals surface area contributed by atoms with Crippen molar-refractivity contribution in [1.29, 1.82) is 0 Å². The van der Waals surface area contributed by atoms with Gasteiger partial charge in [0.25, 0.3) is 0 Å². The summed E-state index contributed by atoms with van der Waals surface area (Å²) in [7, 11) is 0. The summed E-state index contributed by atoms with van der Waals surface area (Å²) in [4.78, 5) is 18.7. The van der Waals surface area contributed by atoms with Crippen LogP contribution >= 0.6 is 0 Å². The zero-order valence-electron chi connectivity index (χ0n) is 15.2. The van der Waals surface area contributed by atoms with Crippen LogP contribution < -0.4 is 12.4 Å². The number of carbonyl (C=O) groups is 2. The molecule has 0 unspecified atom stereocenters. The molecule has 0 spiro atoms. The predicted octanol–water partition coefficient (Wildman–Crippen LogP) is 1.13. The Morgan fingerprint density at radius 1 is 0.800 bits per heavy atom. The van der Waals surface area contributed by atoms with Crippen molar-refractivity contribution in [1.82, 2.24) is 0 Å². The van der Waals surface area contributed by atoms with E-state index in [1.54, 1.807) is 36.1 Å². The molecule has 0 radical (unpaired) electrons. The average Bonchev–Trinajstić information content (AvgIpc) is 2.94. The first-order valence-electron chi connectivity index (χ1n) is 8.72. The molecule has 2 N–H and O–H groups in total. The molecule has 2 aliphatic carbocycles. The first kappa shape index (κ1) is 26.5. The van der Waals surface area contributed by atoms with Crippen molar-refractivity contribution >= 4 is 11.9 Å². The van der Waals surface area contributed by atoms with Crippen molar-refractivity contribution in [3.05, 3.63) is 28.3 Å². The third-order valence-electron chi connectivity index (χ3n) is 4.34. The molecule has 0 saturated carbocycles. The number of rotatable bonds is 2. The number of carboxylic acids is 2. The van der Waals surface area contributed by atoms with Gasteiger partial charge in [-0.05, 0) is 0 Å². The minimum atomic E-state index is -0.745. The van der Waals surface area contributed by atoms with E-state index in [-0.39, 0.29) is 47.0 Å². The van der Waals surface area contributed by atoms with Crippen LogP contribution in [0, 0.1) is 0 Å². The molecule has 0 bridgehead atoms. The summed E-state index contributed by atoms with van der Waals surface area (Å²) in [5.41, 5.74) is 6.94. The molecule has 6 heteroatoms. The van der Waals surface area contributed by atoms with E-state index in [1.165, 1.54) is 51.4 Å². The Hall–Kier alpha value is -0.706. The van der Waals surface area contributed by atoms with E-state index in [1.807, 2.05) is 0 Å². The molecule has 0 atom stereocenters. The summed E-state index contributed by atoms with van der Waals surface area (Å²) in [5, 5.41) is 15.4. The molecule has 3 rings (SSSR count). The molecule has 0 heterocycles. The van der Waals surface area contributed by atoms with Crippen LogP contribution in [0.15, 0.2) is 6.07 Å². The van der Waals surface area contributed by atoms with Gasteiger partial charge in [-0.2, -0.15) is 28.3 Å². The third-order valence-corrected chi connectivity index (χ3v) is 4.34. The molecule has 0 aromatic heterocycles. The van der Waals surface area contributed by atoms with Gasteiger partial charge in [-0.1, -0.05) is 65.2 Å². The van der Waals surface area contributed by atoms with E-state index >= 15 is 0 Å². The minimum absolute atomic E-state index is 0. The first-order chi connectivity index (χ1) is 11.0. The van der Waals surface area contributed by atoms with E-state index < -0.39 is 11.9 Å². The second kappa shape index (κ2) is 14.5.